The summed E-state index contributed by atoms with van der Waals surface area (Å²) in [6, 6.07) is 10.5. The largest absolute Gasteiger partial charge is 0.383 e. The average molecular weight is 421 g/mol. The molecule has 2 aromatic rings. The van der Waals surface area contributed by atoms with Gasteiger partial charge in [0.2, 0.25) is 0 Å². The lowest BCUT2D eigenvalue weighted by Crippen LogP contribution is -2.29. The molecule has 1 aliphatic carbocycles. The van der Waals surface area contributed by atoms with E-state index in [0.717, 1.165) is 37.3 Å². The molecule has 1 saturated carbocycles. The standard InChI is InChI=1S/C23H31N5O.CHN/c24-22(28-19-8-6-16(7-9-19)17-10-13-25-14-11-17)21-20(12-15-26-23(21)29)27-18-4-2-1-3-5-18;1-2/h6-9,12,15,17-18,25H,1-5,10-11,13-14H2,(H2,24,28)(H2,26,27,29);1H. The Hall–Kier alpha value is -3.11. The van der Waals surface area contributed by atoms with Crippen LogP contribution < -0.4 is 21.9 Å². The highest BCUT2D eigenvalue weighted by molar-refractivity contribution is 6.03. The van der Waals surface area contributed by atoms with Crippen LogP contribution in [0.4, 0.5) is 11.4 Å². The first-order valence-corrected chi connectivity index (χ1v) is 11.1. The highest BCUT2D eigenvalue weighted by atomic mass is 16.1. The number of H-pyrrole nitrogens is 1. The molecule has 1 saturated heterocycles. The fourth-order valence-corrected chi connectivity index (χ4v) is 4.49. The second-order valence-electron chi connectivity index (χ2n) is 8.19. The number of anilines is 1. The first-order chi connectivity index (χ1) is 15.2. The molecule has 0 unspecified atom stereocenters. The lowest BCUT2D eigenvalue weighted by molar-refractivity contribution is 0.460. The van der Waals surface area contributed by atoms with Crippen molar-refractivity contribution >= 4 is 17.2 Å². The number of hydrogen-bond donors (Lipinski definition) is 4. The SMILES string of the molecule is C#N.NC(=Nc1ccc(C2CCNCC2)cc1)c1c(NC2CCCCC2)cc[nH]c1=O. The van der Waals surface area contributed by atoms with Crippen LogP contribution in [0.3, 0.4) is 0 Å². The van der Waals surface area contributed by atoms with E-state index in [1.807, 2.05) is 18.2 Å². The molecule has 164 valence electrons. The van der Waals surface area contributed by atoms with Crippen LogP contribution in [-0.4, -0.2) is 30.0 Å². The zero-order chi connectivity index (χ0) is 22.1. The smallest absolute Gasteiger partial charge is 0.261 e. The van der Waals surface area contributed by atoms with E-state index in [0.29, 0.717) is 17.5 Å². The number of aromatic nitrogens is 1. The number of rotatable bonds is 5. The van der Waals surface area contributed by atoms with Crippen LogP contribution in [0.1, 0.15) is 62.0 Å². The summed E-state index contributed by atoms with van der Waals surface area (Å²) in [5.74, 6) is 0.856. The summed E-state index contributed by atoms with van der Waals surface area (Å²) in [5, 5.41) is 13.4. The molecule has 1 aromatic carbocycles. The van der Waals surface area contributed by atoms with Gasteiger partial charge >= 0.3 is 0 Å². The molecule has 2 heterocycles. The van der Waals surface area contributed by atoms with Crippen molar-refractivity contribution in [3.63, 3.8) is 0 Å². The van der Waals surface area contributed by atoms with Gasteiger partial charge in [0.15, 0.2) is 0 Å². The summed E-state index contributed by atoms with van der Waals surface area (Å²) in [4.78, 5) is 19.8. The Morgan fingerprint density at radius 2 is 1.71 bits per heavy atom. The summed E-state index contributed by atoms with van der Waals surface area (Å²) in [6.07, 6.45) is 9.99. The number of hydrogen-bond acceptors (Lipinski definition) is 5. The van der Waals surface area contributed by atoms with Gasteiger partial charge in [-0.1, -0.05) is 31.4 Å². The molecule has 1 aromatic heterocycles. The van der Waals surface area contributed by atoms with Crippen molar-refractivity contribution in [1.29, 1.82) is 5.26 Å². The Balaban J connectivity index is 0.00000132. The number of nitrogens with two attached hydrogens (primary N) is 1. The molecular weight excluding hydrogens is 388 g/mol. The molecule has 7 heteroatoms. The third-order valence-corrected chi connectivity index (χ3v) is 6.13. The van der Waals surface area contributed by atoms with Gasteiger partial charge in [0.1, 0.15) is 11.4 Å². The van der Waals surface area contributed by atoms with E-state index in [4.69, 9.17) is 11.0 Å². The second kappa shape index (κ2) is 11.3. The van der Waals surface area contributed by atoms with Crippen LogP contribution in [-0.2, 0) is 0 Å². The van der Waals surface area contributed by atoms with Crippen LogP contribution in [0.2, 0.25) is 0 Å². The number of aliphatic imine (C=N–C) groups is 1. The Labute approximate surface area is 183 Å². The van der Waals surface area contributed by atoms with E-state index in [1.54, 1.807) is 6.20 Å². The van der Waals surface area contributed by atoms with Crippen LogP contribution in [0.15, 0.2) is 46.3 Å². The van der Waals surface area contributed by atoms with Gasteiger partial charge < -0.3 is 21.4 Å². The molecule has 0 atom stereocenters. The maximum absolute atomic E-state index is 12.5. The van der Waals surface area contributed by atoms with Crippen LogP contribution >= 0.6 is 0 Å². The van der Waals surface area contributed by atoms with Gasteiger partial charge in [0.05, 0.1) is 11.4 Å². The van der Waals surface area contributed by atoms with Crippen LogP contribution in [0.25, 0.3) is 0 Å². The van der Waals surface area contributed by atoms with Crippen LogP contribution in [0.5, 0.6) is 0 Å². The van der Waals surface area contributed by atoms with E-state index in [9.17, 15) is 4.79 Å². The van der Waals surface area contributed by atoms with E-state index in [1.165, 1.54) is 37.7 Å². The molecule has 31 heavy (non-hydrogen) atoms. The van der Waals surface area contributed by atoms with Crippen molar-refractivity contribution in [2.45, 2.75) is 56.9 Å². The fraction of sp³-hybridized carbons (Fsp3) is 0.458. The molecule has 2 fully saturated rings. The van der Waals surface area contributed by atoms with Crippen molar-refractivity contribution in [3.8, 4) is 6.57 Å². The summed E-state index contributed by atoms with van der Waals surface area (Å²) >= 11 is 0. The van der Waals surface area contributed by atoms with E-state index >= 15 is 0 Å². The minimum Gasteiger partial charge on any atom is -0.383 e. The van der Waals surface area contributed by atoms with E-state index in [-0.39, 0.29) is 11.4 Å². The van der Waals surface area contributed by atoms with Gasteiger partial charge in [-0.05, 0) is 68.5 Å². The number of pyridine rings is 1. The van der Waals surface area contributed by atoms with Gasteiger partial charge in [-0.2, -0.15) is 0 Å². The molecule has 5 N–H and O–H groups in total. The molecule has 0 radical (unpaired) electrons. The quantitative estimate of drug-likeness (QED) is 0.434. The maximum Gasteiger partial charge on any atom is 0.261 e. The fourth-order valence-electron chi connectivity index (χ4n) is 4.49. The first kappa shape index (κ1) is 22.6. The lowest BCUT2D eigenvalue weighted by Gasteiger charge is -2.24. The second-order valence-corrected chi connectivity index (χ2v) is 8.19. The topological polar surface area (TPSA) is 119 Å². The van der Waals surface area contributed by atoms with Crippen molar-refractivity contribution in [2.75, 3.05) is 18.4 Å². The summed E-state index contributed by atoms with van der Waals surface area (Å²) < 4.78 is 0. The molecule has 1 aliphatic heterocycles. The van der Waals surface area contributed by atoms with Crippen molar-refractivity contribution < 1.29 is 0 Å². The van der Waals surface area contributed by atoms with E-state index < -0.39 is 0 Å². The minimum atomic E-state index is -0.210. The van der Waals surface area contributed by atoms with Gasteiger partial charge in [-0.15, -0.1) is 0 Å². The number of nitriles is 1. The number of aromatic amines is 1. The van der Waals surface area contributed by atoms with Crippen LogP contribution in [0, 0.1) is 11.8 Å². The van der Waals surface area contributed by atoms with Gasteiger partial charge in [0, 0.05) is 18.8 Å². The third-order valence-electron chi connectivity index (χ3n) is 6.13. The third kappa shape index (κ3) is 5.96. The van der Waals surface area contributed by atoms with Crippen molar-refractivity contribution in [2.24, 2.45) is 10.7 Å². The number of piperidine rings is 1. The molecule has 7 nitrogen and oxygen atoms in total. The van der Waals surface area contributed by atoms with E-state index in [2.05, 4.69) is 39.3 Å². The average Bonchev–Trinajstić information content (AvgIpc) is 2.82. The normalized spacial score (nSPS) is 18.1. The van der Waals surface area contributed by atoms with Gasteiger partial charge in [-0.25, -0.2) is 10.3 Å². The number of nitrogens with one attached hydrogen (secondary N) is 3. The summed E-state index contributed by atoms with van der Waals surface area (Å²) in [6.45, 7) is 5.65. The number of benzene rings is 1. The maximum atomic E-state index is 12.5. The number of amidine groups is 1. The first-order valence-electron chi connectivity index (χ1n) is 11.1. The molecule has 0 spiro atoms. The zero-order valence-electron chi connectivity index (χ0n) is 17.9. The summed E-state index contributed by atoms with van der Waals surface area (Å²) in [5.41, 5.74) is 9.41. The minimum absolute atomic E-state index is 0.210. The number of nitrogens with zero attached hydrogens (tertiary/aromatic N) is 2. The van der Waals surface area contributed by atoms with Crippen molar-refractivity contribution in [1.82, 2.24) is 10.3 Å². The monoisotopic (exact) mass is 420 g/mol. The predicted octanol–water partition coefficient (Wildman–Crippen LogP) is 3.76. The lowest BCUT2D eigenvalue weighted by atomic mass is 9.90. The summed E-state index contributed by atoms with van der Waals surface area (Å²) in [7, 11) is 0. The molecular formula is C24H32N6O. The molecule has 4 rings (SSSR count). The molecule has 0 amide bonds. The molecule has 0 bridgehead atoms. The molecule has 2 aliphatic rings. The van der Waals surface area contributed by atoms with Gasteiger partial charge in [-0.3, -0.25) is 4.79 Å². The predicted molar refractivity (Wildman–Crippen MR) is 126 cm³/mol. The zero-order valence-corrected chi connectivity index (χ0v) is 17.9. The highest BCUT2D eigenvalue weighted by Crippen LogP contribution is 2.27. The Morgan fingerprint density at radius 3 is 2.39 bits per heavy atom. The van der Waals surface area contributed by atoms with Crippen molar-refractivity contribution in [3.05, 3.63) is 58.0 Å². The highest BCUT2D eigenvalue weighted by Gasteiger charge is 2.18. The Bertz CT molecular complexity index is 935. The van der Waals surface area contributed by atoms with Gasteiger partial charge in [0.25, 0.3) is 5.56 Å². The Morgan fingerprint density at radius 1 is 1.03 bits per heavy atom. The Kier molecular flexibility index (Phi) is 8.25.